The van der Waals surface area contributed by atoms with Crippen molar-refractivity contribution in [3.63, 3.8) is 0 Å². The molecule has 0 spiro atoms. The van der Waals surface area contributed by atoms with Gasteiger partial charge in [0.1, 0.15) is 17.2 Å². The molecule has 8 heteroatoms. The summed E-state index contributed by atoms with van der Waals surface area (Å²) in [5, 5.41) is 19.9. The van der Waals surface area contributed by atoms with Crippen LogP contribution >= 0.6 is 0 Å². The Kier molecular flexibility index (Phi) is 4.71. The molecule has 0 radical (unpaired) electrons. The normalized spacial score (nSPS) is 11.5. The lowest BCUT2D eigenvalue weighted by atomic mass is 10.0. The molecule has 30 heavy (non-hydrogen) atoms. The number of benzene rings is 2. The molecule has 4 rings (SSSR count). The molecule has 0 unspecified atom stereocenters. The van der Waals surface area contributed by atoms with Crippen molar-refractivity contribution in [2.75, 3.05) is 6.26 Å². The predicted octanol–water partition coefficient (Wildman–Crippen LogP) is 4.39. The first kappa shape index (κ1) is 19.5. The zero-order valence-corrected chi connectivity index (χ0v) is 16.6. The zero-order chi connectivity index (χ0) is 21.5. The molecular formula is C22H17NO6S. The maximum Gasteiger partial charge on any atom is 0.336 e. The summed E-state index contributed by atoms with van der Waals surface area (Å²) in [6, 6.07) is 18.6. The number of carboxylic acid groups (broad SMARTS) is 1. The monoisotopic (exact) mass is 423 g/mol. The van der Waals surface area contributed by atoms with Crippen molar-refractivity contribution in [2.45, 2.75) is 4.90 Å². The van der Waals surface area contributed by atoms with Crippen molar-refractivity contribution in [2.24, 2.45) is 0 Å². The quantitative estimate of drug-likeness (QED) is 0.438. The lowest BCUT2D eigenvalue weighted by Crippen LogP contribution is -2.06. The van der Waals surface area contributed by atoms with Crippen LogP contribution in [0.5, 0.6) is 17.2 Å². The summed E-state index contributed by atoms with van der Waals surface area (Å²) in [6.07, 6.45) is 0.964. The number of fused-ring (bicyclic) bond motifs is 1. The molecule has 152 valence electrons. The summed E-state index contributed by atoms with van der Waals surface area (Å²) < 4.78 is 29.8. The number of sulfone groups is 1. The van der Waals surface area contributed by atoms with Gasteiger partial charge < -0.3 is 19.9 Å². The van der Waals surface area contributed by atoms with Crippen molar-refractivity contribution in [1.82, 2.24) is 4.98 Å². The van der Waals surface area contributed by atoms with Crippen molar-refractivity contribution < 1.29 is 28.2 Å². The van der Waals surface area contributed by atoms with E-state index in [9.17, 15) is 23.4 Å². The van der Waals surface area contributed by atoms with Crippen LogP contribution in [-0.2, 0) is 9.84 Å². The molecular weight excluding hydrogens is 406 g/mol. The molecule has 0 atom stereocenters. The van der Waals surface area contributed by atoms with Gasteiger partial charge in [0.15, 0.2) is 9.84 Å². The minimum atomic E-state index is -3.74. The lowest BCUT2D eigenvalue weighted by Gasteiger charge is -2.13. The smallest absolute Gasteiger partial charge is 0.336 e. The molecule has 1 aliphatic carbocycles. The van der Waals surface area contributed by atoms with Crippen molar-refractivity contribution in [3.05, 3.63) is 72.3 Å². The van der Waals surface area contributed by atoms with Gasteiger partial charge in [-0.15, -0.1) is 0 Å². The second kappa shape index (κ2) is 7.23. The molecule has 0 saturated heterocycles. The average molecular weight is 423 g/mol. The molecule has 0 aromatic heterocycles. The number of aromatic amines is 1. The third kappa shape index (κ3) is 3.60. The van der Waals surface area contributed by atoms with Gasteiger partial charge in [0.2, 0.25) is 0 Å². The van der Waals surface area contributed by atoms with E-state index in [-0.39, 0.29) is 27.5 Å². The molecule has 0 saturated carbocycles. The Hall–Kier alpha value is -3.78. The van der Waals surface area contributed by atoms with Crippen molar-refractivity contribution in [3.8, 4) is 39.8 Å². The number of ether oxygens (including phenoxy) is 1. The Bertz CT molecular complexity index is 1310. The van der Waals surface area contributed by atoms with Gasteiger partial charge in [0.25, 0.3) is 0 Å². The van der Waals surface area contributed by atoms with E-state index in [1.165, 1.54) is 6.07 Å². The zero-order valence-electron chi connectivity index (χ0n) is 15.8. The van der Waals surface area contributed by atoms with Crippen LogP contribution in [0.15, 0.2) is 71.6 Å². The lowest BCUT2D eigenvalue weighted by molar-refractivity contribution is 0.0697. The summed E-state index contributed by atoms with van der Waals surface area (Å²) in [6.45, 7) is 0. The highest BCUT2D eigenvalue weighted by Gasteiger charge is 2.29. The number of rotatable bonds is 5. The number of nitrogens with one attached hydrogen (secondary N) is 1. The van der Waals surface area contributed by atoms with Gasteiger partial charge in [-0.1, -0.05) is 18.2 Å². The molecule has 1 heterocycles. The Morgan fingerprint density at radius 3 is 2.20 bits per heavy atom. The molecule has 3 N–H and O–H groups in total. The van der Waals surface area contributed by atoms with Crippen LogP contribution in [0.2, 0.25) is 0 Å². The average Bonchev–Trinajstić information content (AvgIpc) is 3.06. The minimum Gasteiger partial charge on any atom is -0.506 e. The molecule has 2 aromatic rings. The number of pyridine rings is 1. The van der Waals surface area contributed by atoms with E-state index in [0.717, 1.165) is 12.3 Å². The second-order valence-corrected chi connectivity index (χ2v) is 8.74. The van der Waals surface area contributed by atoms with E-state index in [4.69, 9.17) is 4.74 Å². The van der Waals surface area contributed by atoms with Gasteiger partial charge in [-0.3, -0.25) is 0 Å². The molecule has 0 bridgehead atoms. The van der Waals surface area contributed by atoms with Crippen LogP contribution < -0.4 is 4.74 Å². The van der Waals surface area contributed by atoms with Gasteiger partial charge in [-0.05, 0) is 48.0 Å². The summed E-state index contributed by atoms with van der Waals surface area (Å²) >= 11 is 0. The van der Waals surface area contributed by atoms with Crippen LogP contribution in [0.1, 0.15) is 10.4 Å². The number of para-hydroxylation sites is 1. The van der Waals surface area contributed by atoms with Gasteiger partial charge in [-0.25, -0.2) is 13.2 Å². The third-order valence-electron chi connectivity index (χ3n) is 4.61. The van der Waals surface area contributed by atoms with Gasteiger partial charge in [0, 0.05) is 23.6 Å². The molecule has 2 aromatic carbocycles. The Labute approximate surface area is 172 Å². The van der Waals surface area contributed by atoms with Crippen LogP contribution in [0.4, 0.5) is 0 Å². The van der Waals surface area contributed by atoms with Crippen LogP contribution in [0, 0.1) is 0 Å². The van der Waals surface area contributed by atoms with Gasteiger partial charge in [0.05, 0.1) is 16.2 Å². The fraction of sp³-hybridized carbons (Fsp3) is 0.0455. The first-order valence-corrected chi connectivity index (χ1v) is 10.8. The van der Waals surface area contributed by atoms with Gasteiger partial charge >= 0.3 is 5.97 Å². The SMILES string of the molecule is CS(=O)(=O)c1cc(O)c2[nH]c(-c3ccc(Oc4ccccc4)cc3)cc(C(=O)O)c1-2. The molecule has 2 aliphatic rings. The molecule has 0 fully saturated rings. The molecule has 1 aliphatic heterocycles. The highest BCUT2D eigenvalue weighted by atomic mass is 32.2. The number of H-pyrrole nitrogens is 1. The summed E-state index contributed by atoms with van der Waals surface area (Å²) in [5.41, 5.74) is 0.836. The third-order valence-corrected chi connectivity index (χ3v) is 5.73. The Balaban J connectivity index is 1.79. The Morgan fingerprint density at radius 2 is 1.60 bits per heavy atom. The van der Waals surface area contributed by atoms with E-state index in [1.54, 1.807) is 24.3 Å². The van der Waals surface area contributed by atoms with E-state index in [0.29, 0.717) is 22.8 Å². The molecule has 0 amide bonds. The number of aromatic hydroxyl groups is 1. The van der Waals surface area contributed by atoms with E-state index in [2.05, 4.69) is 4.98 Å². The standard InChI is InChI=1S/C22H17NO6S/c1-30(27,28)19-12-18(24)21-20(19)16(22(25)26)11-17(23-21)13-7-9-15(10-8-13)29-14-5-3-2-4-6-14/h2-12,23-24H,1H3,(H,25,26). The Morgan fingerprint density at radius 1 is 0.967 bits per heavy atom. The topological polar surface area (TPSA) is 117 Å². The number of carbonyl (C=O) groups is 1. The van der Waals surface area contributed by atoms with Crippen LogP contribution in [0.3, 0.4) is 0 Å². The maximum absolute atomic E-state index is 12.0. The van der Waals surface area contributed by atoms with E-state index in [1.807, 2.05) is 30.3 Å². The number of carboxylic acids is 1. The number of hydrogen-bond acceptors (Lipinski definition) is 5. The van der Waals surface area contributed by atoms with E-state index < -0.39 is 15.8 Å². The van der Waals surface area contributed by atoms with Crippen LogP contribution in [-0.4, -0.2) is 35.8 Å². The van der Waals surface area contributed by atoms with Crippen LogP contribution in [0.25, 0.3) is 22.5 Å². The second-order valence-electron chi connectivity index (χ2n) is 6.76. The minimum absolute atomic E-state index is 0.0460. The van der Waals surface area contributed by atoms with Gasteiger partial charge in [-0.2, -0.15) is 0 Å². The van der Waals surface area contributed by atoms with E-state index >= 15 is 0 Å². The van der Waals surface area contributed by atoms with Crippen molar-refractivity contribution in [1.29, 1.82) is 0 Å². The number of hydrogen-bond donors (Lipinski definition) is 3. The highest BCUT2D eigenvalue weighted by molar-refractivity contribution is 7.90. The largest absolute Gasteiger partial charge is 0.506 e. The predicted molar refractivity (Wildman–Crippen MR) is 111 cm³/mol. The first-order chi connectivity index (χ1) is 14.2. The summed E-state index contributed by atoms with van der Waals surface area (Å²) in [7, 11) is -3.74. The fourth-order valence-electron chi connectivity index (χ4n) is 3.24. The summed E-state index contributed by atoms with van der Waals surface area (Å²) in [5.74, 6) is -0.352. The highest BCUT2D eigenvalue weighted by Crippen LogP contribution is 2.42. The first-order valence-electron chi connectivity index (χ1n) is 8.89. The number of aromatic nitrogens is 1. The summed E-state index contributed by atoms with van der Waals surface area (Å²) in [4.78, 5) is 14.5. The maximum atomic E-state index is 12.0. The van der Waals surface area contributed by atoms with Crippen molar-refractivity contribution >= 4 is 15.8 Å². The molecule has 7 nitrogen and oxygen atoms in total. The number of aromatic carboxylic acids is 1. The fourth-order valence-corrected chi connectivity index (χ4v) is 4.15.